The van der Waals surface area contributed by atoms with Gasteiger partial charge in [-0.2, -0.15) is 0 Å². The number of benzene rings is 10. The molecule has 25 heteroatoms. The Kier molecular flexibility index (Phi) is 37.6. The molecule has 2 heterocycles. The second-order valence-electron chi connectivity index (χ2n) is 41.2. The van der Waals surface area contributed by atoms with Gasteiger partial charge in [0.15, 0.2) is 17.2 Å². The molecule has 142 heavy (non-hydrogen) atoms. The molecule has 10 atom stereocenters. The van der Waals surface area contributed by atoms with Gasteiger partial charge in [-0.05, 0) is 305 Å². The zero-order chi connectivity index (χ0) is 98.8. The van der Waals surface area contributed by atoms with Gasteiger partial charge < -0.3 is 63.2 Å². The van der Waals surface area contributed by atoms with Gasteiger partial charge in [-0.3, -0.25) is 9.59 Å². The normalized spacial score (nSPS) is 25.8. The predicted molar refractivity (Wildman–Crippen MR) is 552 cm³/mol. The number of allylic oxidation sites excluding steroid dienone is 4. The van der Waals surface area contributed by atoms with E-state index in [1.54, 1.807) is 70.4 Å². The number of hydrogen-bond acceptors (Lipinski definition) is 16. The smallest absolute Gasteiger partial charge is 0.790 e. The molecule has 11 aromatic rings. The van der Waals surface area contributed by atoms with E-state index in [2.05, 4.69) is 204 Å². The number of rotatable bonds is 26. The second kappa shape index (κ2) is 48.4. The topological polar surface area (TPSA) is 245 Å². The van der Waals surface area contributed by atoms with Crippen molar-refractivity contribution in [2.75, 3.05) is 40.0 Å². The number of carboxylic acid groups (broad SMARTS) is 1. The van der Waals surface area contributed by atoms with Crippen LogP contribution < -0.4 is 79.0 Å². The molecule has 1 aromatic heterocycles. The summed E-state index contributed by atoms with van der Waals surface area (Å²) in [5, 5.41) is 39.7. The number of aliphatic hydroxyl groups is 2. The first-order chi connectivity index (χ1) is 67.2. The Bertz CT molecular complexity index is 6100. The standard InChI is InChI=1S/C28H28O3.C24H20Cl2N2OS.C22H28ClNO.C22H30FO8P.C21H27N.2Na/c1-31-26-7-6-23(21-2-3-22-12-24(27(29)30)5-4-20(22)11-21)13-25(26)28-14-17-8-18(15-28)10-19(9-17)16-28;25-19-8-11-22(23(26)14-19)24(15-28-13-12-27-17-28)29-16-18-6-9-21(10-7-18)30-20-4-2-1-3-5-20;1-22(19-9-5-4-6-10-19,20-11-13-21(23)14-12-20)25-18-17-24-15-7-2-3-8-16-24;1-12-8-16-15-5-4-13-9-14(24)6-7-19(13,2)21(15,23)17(25)10-20(16,3)22(12,27)18(26)11-31-32(28,29)30;1-17(2)22-20-13-15-21(16-14-20,18-9-5-3-6-10-18)19-11-7-4-8-12-19;;/h2-7,11-13,17-19H,8-10,14-16H2,1H3,(H,29,30);1-14,17,24H,15-16H2;4-6,9-14H,2-3,7-8,15-18H2,1H3;6-7,9,12,15-17,25,27H,4-5,8,10-11H2,1-3H3,(H2,28,29,30);3-12,17,20,22H,13-16H2,1-2H3;;/q;;;;;2*+1/p-2/t;;;12-,15+,16+,17+,19+,20+,21+,22+;;;/m...1.../s1. The number of nitrogens with one attached hydrogen (secondary N) is 1. The molecule has 0 amide bonds. The molecule has 9 aliphatic carbocycles. The van der Waals surface area contributed by atoms with E-state index in [0.717, 1.165) is 69.1 Å². The molecule has 10 aromatic carbocycles. The molecule has 17 nitrogen and oxygen atoms in total. The average Bonchev–Trinajstić information content (AvgIpc) is 1.45. The number of aromatic nitrogens is 2. The number of aromatic carboxylic acids is 1. The molecule has 8 saturated carbocycles. The van der Waals surface area contributed by atoms with Crippen LogP contribution in [0, 0.1) is 46.3 Å². The van der Waals surface area contributed by atoms with Crippen molar-refractivity contribution in [2.24, 2.45) is 46.3 Å². The maximum atomic E-state index is 17.0. The molecule has 21 rings (SSSR count). The van der Waals surface area contributed by atoms with Gasteiger partial charge in [0, 0.05) is 89.2 Å². The minimum Gasteiger partial charge on any atom is -0.790 e. The summed E-state index contributed by atoms with van der Waals surface area (Å²) in [7, 11) is -3.63. The van der Waals surface area contributed by atoms with Gasteiger partial charge in [0.2, 0.25) is 0 Å². The number of carboxylic acids is 1. The van der Waals surface area contributed by atoms with Crippen LogP contribution in [0.25, 0.3) is 21.9 Å². The van der Waals surface area contributed by atoms with Crippen molar-refractivity contribution in [2.45, 2.75) is 232 Å². The summed E-state index contributed by atoms with van der Waals surface area (Å²) in [5.41, 5.74) is 5.39. The minimum atomic E-state index is -5.43. The van der Waals surface area contributed by atoms with Crippen LogP contribution in [0.3, 0.4) is 0 Å². The molecule has 10 aliphatic rings. The van der Waals surface area contributed by atoms with E-state index in [0.29, 0.717) is 59.3 Å². The Hall–Kier alpha value is -7.22. The number of imidazole rings is 1. The van der Waals surface area contributed by atoms with E-state index in [9.17, 15) is 44.1 Å². The fourth-order valence-electron chi connectivity index (χ4n) is 25.4. The number of ketones is 2. The fraction of sp³-hybridized carbons (Fsp3) is 0.419. The van der Waals surface area contributed by atoms with E-state index >= 15 is 4.39 Å². The number of alkyl halides is 1. The van der Waals surface area contributed by atoms with Crippen molar-refractivity contribution >= 4 is 82.7 Å². The number of carbonyl (C=O) groups is 3. The molecule has 4 N–H and O–H groups in total. The Balaban J connectivity index is 0.000000141. The molecule has 2 unspecified atom stereocenters. The summed E-state index contributed by atoms with van der Waals surface area (Å²) in [6.07, 6.45) is 27.3. The largest absolute Gasteiger partial charge is 1.00 e. The van der Waals surface area contributed by atoms with Crippen LogP contribution in [0.4, 0.5) is 4.39 Å². The molecular weight excluding hydrogens is 1900 g/mol. The summed E-state index contributed by atoms with van der Waals surface area (Å²) in [5.74, 6) is -0.226. The second-order valence-corrected chi connectivity index (χ2v) is 44.8. The number of carbonyl (C=O) groups excluding carboxylic acids is 2. The first kappa shape index (κ1) is 110. The number of nitrogens with zero attached hydrogens (tertiary/aromatic N) is 3. The Morgan fingerprint density at radius 3 is 1.85 bits per heavy atom. The fourth-order valence-corrected chi connectivity index (χ4v) is 27.1. The molecule has 1 aliphatic heterocycles. The van der Waals surface area contributed by atoms with Crippen LogP contribution in [0.5, 0.6) is 5.75 Å². The molecule has 0 radical (unpaired) electrons. The third kappa shape index (κ3) is 25.0. The SMILES string of the molecule is CC(C)NC1CCC(c2ccccc2)(c2ccccc2)CC1.CC(OCCN1CCCCCC1)(c1ccccc1)c1ccc(Cl)cc1.COc1ccc(-c2ccc3cc(C(=O)O)ccc3c2)cc1C12CC3CC(CC(C3)C1)C2.C[C@@H]1C[C@H]2[C@@H]3CCC4=CC(=O)C=C[C@]4(C)[C@@]3(F)[C@@H](O)C[C@]2(C)[C@@]1(O)C(=O)COP(=O)([O-])[O-].Clc1ccc(C(Cn2ccnc2)OCc2ccc(Sc3ccccc3)cc2)c(Cl)c1.[Na+].[Na+]. The Morgan fingerprint density at radius 1 is 0.683 bits per heavy atom. The molecule has 4 bridgehead atoms. The maximum Gasteiger partial charge on any atom is 1.00 e. The number of phosphoric ester groups is 1. The third-order valence-electron chi connectivity index (χ3n) is 32.1. The molecule has 0 spiro atoms. The zero-order valence-electron chi connectivity index (χ0n) is 83.1. The monoisotopic (exact) mass is 2030 g/mol. The summed E-state index contributed by atoms with van der Waals surface area (Å²) in [6.45, 7) is 15.7. The van der Waals surface area contributed by atoms with Crippen molar-refractivity contribution < 1.29 is 126 Å². The van der Waals surface area contributed by atoms with Crippen LogP contribution in [-0.4, -0.2) is 117 Å². The third-order valence-corrected chi connectivity index (χ3v) is 34.4. The van der Waals surface area contributed by atoms with Crippen LogP contribution in [0.1, 0.15) is 213 Å². The van der Waals surface area contributed by atoms with Gasteiger partial charge in [-0.15, -0.1) is 0 Å². The number of halogens is 4. The number of phosphoric acid groups is 1. The van der Waals surface area contributed by atoms with Crippen molar-refractivity contribution in [3.05, 3.63) is 345 Å². The van der Waals surface area contributed by atoms with Crippen molar-refractivity contribution in [1.29, 1.82) is 0 Å². The van der Waals surface area contributed by atoms with Crippen molar-refractivity contribution in [3.63, 3.8) is 0 Å². The van der Waals surface area contributed by atoms with E-state index in [1.807, 2.05) is 71.4 Å². The Labute approximate surface area is 900 Å². The van der Waals surface area contributed by atoms with Gasteiger partial charge in [-0.1, -0.05) is 263 Å². The van der Waals surface area contributed by atoms with Gasteiger partial charge in [0.1, 0.15) is 29.7 Å². The van der Waals surface area contributed by atoms with Crippen molar-refractivity contribution in [1.82, 2.24) is 19.8 Å². The molecule has 1 saturated heterocycles. The molecule has 738 valence electrons. The minimum absolute atomic E-state index is 0. The number of fused-ring (bicyclic) bond motifs is 6. The van der Waals surface area contributed by atoms with Gasteiger partial charge >= 0.3 is 65.1 Å². The first-order valence-electron chi connectivity index (χ1n) is 49.8. The van der Waals surface area contributed by atoms with E-state index < -0.39 is 77.7 Å². The van der Waals surface area contributed by atoms with Gasteiger partial charge in [0.25, 0.3) is 0 Å². The molecule has 9 fully saturated rings. The number of Topliss-reactive ketones (excluding diaryl/α,β-unsaturated/α-hetero) is 1. The summed E-state index contributed by atoms with van der Waals surface area (Å²) in [4.78, 5) is 66.9. The van der Waals surface area contributed by atoms with Gasteiger partial charge in [0.05, 0.1) is 52.7 Å². The summed E-state index contributed by atoms with van der Waals surface area (Å²) < 4.78 is 52.6. The number of methoxy groups -OCH3 is 1. The Morgan fingerprint density at radius 2 is 1.26 bits per heavy atom. The number of aliphatic hydroxyl groups excluding tert-OH is 1. The van der Waals surface area contributed by atoms with Crippen molar-refractivity contribution in [3.8, 4) is 16.9 Å². The van der Waals surface area contributed by atoms with Crippen LogP contribution in [0.2, 0.25) is 15.1 Å². The zero-order valence-corrected chi connectivity index (χ0v) is 91.1. The summed E-state index contributed by atoms with van der Waals surface area (Å²) >= 11 is 20.3. The van der Waals surface area contributed by atoms with Gasteiger partial charge in [-0.25, -0.2) is 14.2 Å². The predicted octanol–water partition coefficient (Wildman–Crippen LogP) is 19.1. The number of hydrogen-bond donors (Lipinski definition) is 4. The average molecular weight is 2040 g/mol. The van der Waals surface area contributed by atoms with Crippen LogP contribution >= 0.6 is 54.4 Å². The van der Waals surface area contributed by atoms with E-state index in [4.69, 9.17) is 49.0 Å². The first-order valence-corrected chi connectivity index (χ1v) is 53.2. The maximum absolute atomic E-state index is 17.0. The number of likely N-dealkylation sites (tertiary alicyclic amines) is 1. The van der Waals surface area contributed by atoms with Crippen LogP contribution in [0.15, 0.2) is 295 Å². The quantitative estimate of drug-likeness (QED) is 0.0291. The van der Waals surface area contributed by atoms with E-state index in [-0.39, 0.29) is 94.7 Å². The summed E-state index contributed by atoms with van der Waals surface area (Å²) in [6, 6.07) is 84.6. The van der Waals surface area contributed by atoms with Crippen LogP contribution in [-0.2, 0) is 57.7 Å². The number of ether oxygens (including phenoxy) is 3. The molecular formula is C117H131Cl3FN4Na2O13PS. The van der Waals surface area contributed by atoms with E-state index in [1.165, 1.54) is 164 Å².